The van der Waals surface area contributed by atoms with E-state index in [9.17, 15) is 4.79 Å². The van der Waals surface area contributed by atoms with E-state index in [-0.39, 0.29) is 5.97 Å². The van der Waals surface area contributed by atoms with E-state index in [1.165, 1.54) is 5.56 Å². The molecule has 0 unspecified atom stereocenters. The number of halogens is 1. The molecule has 0 radical (unpaired) electrons. The van der Waals surface area contributed by atoms with Crippen LogP contribution in [0.25, 0.3) is 0 Å². The second kappa shape index (κ2) is 7.66. The summed E-state index contributed by atoms with van der Waals surface area (Å²) in [5, 5.41) is 0. The number of aryl methyl sites for hydroxylation is 1. The minimum Gasteiger partial charge on any atom is -0.462 e. The van der Waals surface area contributed by atoms with Crippen LogP contribution in [0.2, 0.25) is 0 Å². The molecule has 4 heteroatoms. The summed E-state index contributed by atoms with van der Waals surface area (Å²) in [6.07, 6.45) is 1.04. The van der Waals surface area contributed by atoms with Crippen molar-refractivity contribution in [3.05, 3.63) is 58.1 Å². The second-order valence-corrected chi connectivity index (χ2v) is 6.46. The first-order chi connectivity index (χ1) is 10.1. The smallest absolute Gasteiger partial charge is 0.339 e. The maximum atomic E-state index is 11.9. The summed E-state index contributed by atoms with van der Waals surface area (Å²) in [5.41, 5.74) is 1.88. The molecule has 0 saturated heterocycles. The maximum absolute atomic E-state index is 11.9. The molecule has 0 spiro atoms. The lowest BCUT2D eigenvalue weighted by Crippen LogP contribution is -2.05. The highest BCUT2D eigenvalue weighted by molar-refractivity contribution is 9.10. The van der Waals surface area contributed by atoms with Crippen LogP contribution in [0.15, 0.2) is 56.7 Å². The molecule has 0 aromatic heterocycles. The number of esters is 1. The first-order valence-corrected chi connectivity index (χ1v) is 8.48. The van der Waals surface area contributed by atoms with Gasteiger partial charge in [-0.3, -0.25) is 0 Å². The van der Waals surface area contributed by atoms with Crippen LogP contribution < -0.4 is 0 Å². The first-order valence-electron chi connectivity index (χ1n) is 6.87. The molecule has 0 aliphatic rings. The van der Waals surface area contributed by atoms with Crippen molar-refractivity contribution in [2.75, 3.05) is 6.61 Å². The molecule has 2 aromatic carbocycles. The number of carbonyl (C=O) groups is 1. The molecule has 21 heavy (non-hydrogen) atoms. The van der Waals surface area contributed by atoms with Crippen LogP contribution in [0.4, 0.5) is 0 Å². The Kier molecular flexibility index (Phi) is 5.88. The zero-order valence-corrected chi connectivity index (χ0v) is 14.5. The number of ether oxygens (including phenoxy) is 1. The van der Waals surface area contributed by atoms with Crippen molar-refractivity contribution in [2.45, 2.75) is 30.1 Å². The molecule has 2 nitrogen and oxygen atoms in total. The standard InChI is InChI=1S/C17H17BrO2S/c1-3-12-5-7-13(8-6-12)21-14-9-10-16(18)15(11-14)17(19)20-4-2/h5-11H,3-4H2,1-2H3. The van der Waals surface area contributed by atoms with Crippen LogP contribution in [0.1, 0.15) is 29.8 Å². The predicted molar refractivity (Wildman–Crippen MR) is 90.0 cm³/mol. The van der Waals surface area contributed by atoms with Crippen molar-refractivity contribution in [1.82, 2.24) is 0 Å². The molecule has 0 bridgehead atoms. The minimum absolute atomic E-state index is 0.298. The number of carbonyl (C=O) groups excluding carboxylic acids is 1. The first kappa shape index (κ1) is 16.1. The van der Waals surface area contributed by atoms with Crippen LogP contribution >= 0.6 is 27.7 Å². The normalized spacial score (nSPS) is 10.4. The van der Waals surface area contributed by atoms with Crippen LogP contribution in [0.3, 0.4) is 0 Å². The Balaban J connectivity index is 2.20. The van der Waals surface area contributed by atoms with Gasteiger partial charge in [-0.1, -0.05) is 30.8 Å². The van der Waals surface area contributed by atoms with Gasteiger partial charge in [0.1, 0.15) is 0 Å². The van der Waals surface area contributed by atoms with Gasteiger partial charge in [0.2, 0.25) is 0 Å². The quantitative estimate of drug-likeness (QED) is 0.669. The van der Waals surface area contributed by atoms with E-state index < -0.39 is 0 Å². The molecule has 0 aliphatic carbocycles. The summed E-state index contributed by atoms with van der Waals surface area (Å²) in [6, 6.07) is 14.2. The van der Waals surface area contributed by atoms with Gasteiger partial charge >= 0.3 is 5.97 Å². The number of benzene rings is 2. The summed E-state index contributed by atoms with van der Waals surface area (Å²) in [5.74, 6) is -0.298. The number of rotatable bonds is 5. The van der Waals surface area contributed by atoms with Crippen LogP contribution in [-0.2, 0) is 11.2 Å². The third-order valence-corrected chi connectivity index (χ3v) is 4.69. The van der Waals surface area contributed by atoms with Gasteiger partial charge in [-0.05, 0) is 65.2 Å². The van der Waals surface area contributed by atoms with Crippen molar-refractivity contribution in [1.29, 1.82) is 0 Å². The van der Waals surface area contributed by atoms with E-state index in [1.807, 2.05) is 18.2 Å². The van der Waals surface area contributed by atoms with Gasteiger partial charge in [-0.25, -0.2) is 4.79 Å². The monoisotopic (exact) mass is 364 g/mol. The topological polar surface area (TPSA) is 26.3 Å². The maximum Gasteiger partial charge on any atom is 0.339 e. The van der Waals surface area contributed by atoms with Gasteiger partial charge in [0.25, 0.3) is 0 Å². The molecule has 0 amide bonds. The Labute approximate surface area is 138 Å². The average Bonchev–Trinajstić information content (AvgIpc) is 2.50. The lowest BCUT2D eigenvalue weighted by atomic mass is 10.2. The summed E-state index contributed by atoms with van der Waals surface area (Å²) < 4.78 is 5.82. The Hall–Kier alpha value is -1.26. The summed E-state index contributed by atoms with van der Waals surface area (Å²) >= 11 is 5.03. The van der Waals surface area contributed by atoms with Crippen molar-refractivity contribution < 1.29 is 9.53 Å². The van der Waals surface area contributed by atoms with Crippen molar-refractivity contribution in [2.24, 2.45) is 0 Å². The highest BCUT2D eigenvalue weighted by Crippen LogP contribution is 2.31. The van der Waals surface area contributed by atoms with E-state index >= 15 is 0 Å². The fourth-order valence-electron chi connectivity index (χ4n) is 1.86. The number of hydrogen-bond acceptors (Lipinski definition) is 3. The van der Waals surface area contributed by atoms with Gasteiger partial charge in [-0.15, -0.1) is 0 Å². The predicted octanol–water partition coefficient (Wildman–Crippen LogP) is 5.34. The van der Waals surface area contributed by atoms with E-state index in [2.05, 4.69) is 47.1 Å². The summed E-state index contributed by atoms with van der Waals surface area (Å²) in [6.45, 7) is 4.32. The van der Waals surface area contributed by atoms with Crippen molar-refractivity contribution in [3.8, 4) is 0 Å². The third-order valence-electron chi connectivity index (χ3n) is 3.00. The Morgan fingerprint density at radius 2 is 1.76 bits per heavy atom. The fraction of sp³-hybridized carbons (Fsp3) is 0.235. The molecule has 2 aromatic rings. The molecule has 0 N–H and O–H groups in total. The Morgan fingerprint density at radius 1 is 1.10 bits per heavy atom. The number of hydrogen-bond donors (Lipinski definition) is 0. The summed E-state index contributed by atoms with van der Waals surface area (Å²) in [7, 11) is 0. The lowest BCUT2D eigenvalue weighted by Gasteiger charge is -2.08. The molecule has 2 rings (SSSR count). The van der Waals surface area contributed by atoms with Crippen LogP contribution in [0, 0.1) is 0 Å². The SMILES string of the molecule is CCOC(=O)c1cc(Sc2ccc(CC)cc2)ccc1Br. The van der Waals surface area contributed by atoms with E-state index in [0.29, 0.717) is 12.2 Å². The second-order valence-electron chi connectivity index (χ2n) is 4.46. The summed E-state index contributed by atoms with van der Waals surface area (Å²) in [4.78, 5) is 14.1. The van der Waals surface area contributed by atoms with Gasteiger partial charge in [0, 0.05) is 14.3 Å². The van der Waals surface area contributed by atoms with Crippen molar-refractivity contribution in [3.63, 3.8) is 0 Å². The van der Waals surface area contributed by atoms with Gasteiger partial charge in [0.05, 0.1) is 12.2 Å². The van der Waals surface area contributed by atoms with Gasteiger partial charge in [-0.2, -0.15) is 0 Å². The highest BCUT2D eigenvalue weighted by Gasteiger charge is 2.12. The molecular weight excluding hydrogens is 348 g/mol. The molecule has 0 aliphatic heterocycles. The highest BCUT2D eigenvalue weighted by atomic mass is 79.9. The molecule has 110 valence electrons. The molecule has 0 saturated carbocycles. The van der Waals surface area contributed by atoms with Crippen molar-refractivity contribution >= 4 is 33.7 Å². The molecular formula is C17H17BrO2S. The average molecular weight is 365 g/mol. The Bertz CT molecular complexity index is 623. The fourth-order valence-corrected chi connectivity index (χ4v) is 3.13. The zero-order valence-electron chi connectivity index (χ0n) is 12.1. The Morgan fingerprint density at radius 3 is 2.38 bits per heavy atom. The molecule has 0 heterocycles. The van der Waals surface area contributed by atoms with E-state index in [1.54, 1.807) is 18.7 Å². The van der Waals surface area contributed by atoms with E-state index in [0.717, 1.165) is 20.7 Å². The van der Waals surface area contributed by atoms with Gasteiger partial charge < -0.3 is 4.74 Å². The zero-order chi connectivity index (χ0) is 15.2. The minimum atomic E-state index is -0.298. The van der Waals surface area contributed by atoms with E-state index in [4.69, 9.17) is 4.74 Å². The van der Waals surface area contributed by atoms with Gasteiger partial charge in [0.15, 0.2) is 0 Å². The van der Waals surface area contributed by atoms with Crippen LogP contribution in [-0.4, -0.2) is 12.6 Å². The van der Waals surface area contributed by atoms with Crippen LogP contribution in [0.5, 0.6) is 0 Å². The third kappa shape index (κ3) is 4.35. The molecule has 0 fully saturated rings. The molecule has 0 atom stereocenters. The lowest BCUT2D eigenvalue weighted by molar-refractivity contribution is 0.0525. The largest absolute Gasteiger partial charge is 0.462 e.